The Labute approximate surface area is 179 Å². The first kappa shape index (κ1) is 21.9. The number of aromatic nitrogens is 2. The number of carbonyl (C=O) groups is 1. The number of nitrogens with zero attached hydrogens (tertiary/aromatic N) is 3. The molecule has 1 heterocycles. The molecular formula is C25H33N3O2. The zero-order valence-corrected chi connectivity index (χ0v) is 18.8. The quantitative estimate of drug-likeness (QED) is 0.480. The number of aryl methyl sites for hydroxylation is 1. The van der Waals surface area contributed by atoms with E-state index < -0.39 is 0 Å². The van der Waals surface area contributed by atoms with Gasteiger partial charge in [0.15, 0.2) is 0 Å². The van der Waals surface area contributed by atoms with Crippen LogP contribution >= 0.6 is 0 Å². The highest BCUT2D eigenvalue weighted by molar-refractivity contribution is 5.81. The maximum absolute atomic E-state index is 13.4. The lowest BCUT2D eigenvalue weighted by molar-refractivity contribution is -0.136. The molecule has 0 saturated heterocycles. The Morgan fingerprint density at radius 3 is 2.30 bits per heavy atom. The molecule has 3 rings (SSSR count). The Morgan fingerprint density at radius 2 is 1.67 bits per heavy atom. The van der Waals surface area contributed by atoms with Gasteiger partial charge in [-0.05, 0) is 57.9 Å². The number of rotatable bonds is 9. The molecule has 5 nitrogen and oxygen atoms in total. The van der Waals surface area contributed by atoms with Gasteiger partial charge in [-0.3, -0.25) is 4.79 Å². The van der Waals surface area contributed by atoms with Gasteiger partial charge in [-0.2, -0.15) is 0 Å². The normalized spacial score (nSPS) is 13.2. The number of amides is 1. The highest BCUT2D eigenvalue weighted by Gasteiger charge is 2.25. The van der Waals surface area contributed by atoms with Crippen LogP contribution in [0.15, 0.2) is 48.5 Å². The van der Waals surface area contributed by atoms with Crippen molar-refractivity contribution in [1.29, 1.82) is 0 Å². The highest BCUT2D eigenvalue weighted by Crippen LogP contribution is 2.20. The maximum atomic E-state index is 13.4. The lowest BCUT2D eigenvalue weighted by Crippen LogP contribution is -2.45. The number of para-hydroxylation sites is 2. The predicted molar refractivity (Wildman–Crippen MR) is 122 cm³/mol. The first-order valence-electron chi connectivity index (χ1n) is 10.9. The van der Waals surface area contributed by atoms with Crippen molar-refractivity contribution in [2.75, 3.05) is 0 Å². The third-order valence-electron chi connectivity index (χ3n) is 5.84. The molecule has 160 valence electrons. The van der Waals surface area contributed by atoms with Crippen LogP contribution in [0.25, 0.3) is 11.0 Å². The van der Waals surface area contributed by atoms with E-state index in [1.807, 2.05) is 58.0 Å². The smallest absolute Gasteiger partial charge is 0.243 e. The fourth-order valence-corrected chi connectivity index (χ4v) is 3.73. The minimum Gasteiger partial charge on any atom is -0.486 e. The molecule has 0 aliphatic rings. The van der Waals surface area contributed by atoms with Crippen molar-refractivity contribution < 1.29 is 9.53 Å². The molecule has 0 radical (unpaired) electrons. The molecule has 0 bridgehead atoms. The molecule has 2 unspecified atom stereocenters. The summed E-state index contributed by atoms with van der Waals surface area (Å²) in [6, 6.07) is 16.3. The lowest BCUT2D eigenvalue weighted by Gasteiger charge is -2.34. The third-order valence-corrected chi connectivity index (χ3v) is 5.84. The predicted octanol–water partition coefficient (Wildman–Crippen LogP) is 5.35. The van der Waals surface area contributed by atoms with Crippen LogP contribution in [-0.4, -0.2) is 32.4 Å². The Kier molecular flexibility index (Phi) is 7.14. The molecule has 1 aromatic heterocycles. The maximum Gasteiger partial charge on any atom is 0.243 e. The van der Waals surface area contributed by atoms with Gasteiger partial charge in [0.25, 0.3) is 0 Å². The summed E-state index contributed by atoms with van der Waals surface area (Å²) in [6.45, 7) is 11.1. The summed E-state index contributed by atoms with van der Waals surface area (Å²) in [5.74, 6) is 1.68. The molecular weight excluding hydrogens is 374 g/mol. The zero-order valence-electron chi connectivity index (χ0n) is 18.8. The van der Waals surface area contributed by atoms with Crippen LogP contribution in [0.5, 0.6) is 5.75 Å². The van der Waals surface area contributed by atoms with Gasteiger partial charge in [0.1, 0.15) is 24.7 Å². The van der Waals surface area contributed by atoms with E-state index in [9.17, 15) is 4.79 Å². The number of carbonyl (C=O) groups excluding carboxylic acids is 1. The summed E-state index contributed by atoms with van der Waals surface area (Å²) < 4.78 is 7.99. The molecule has 0 aliphatic heterocycles. The van der Waals surface area contributed by atoms with Crippen LogP contribution < -0.4 is 4.74 Å². The fraction of sp³-hybridized carbons (Fsp3) is 0.440. The van der Waals surface area contributed by atoms with E-state index >= 15 is 0 Å². The van der Waals surface area contributed by atoms with Gasteiger partial charge in [-0.25, -0.2) is 4.98 Å². The largest absolute Gasteiger partial charge is 0.486 e. The van der Waals surface area contributed by atoms with E-state index in [0.717, 1.165) is 35.4 Å². The molecule has 3 aromatic rings. The third kappa shape index (κ3) is 4.84. The summed E-state index contributed by atoms with van der Waals surface area (Å²) in [7, 11) is 0. The lowest BCUT2D eigenvalue weighted by atomic mass is 10.1. The van der Waals surface area contributed by atoms with Gasteiger partial charge < -0.3 is 14.2 Å². The molecule has 1 amide bonds. The van der Waals surface area contributed by atoms with Crippen LogP contribution in [0.2, 0.25) is 0 Å². The second-order valence-corrected chi connectivity index (χ2v) is 8.02. The van der Waals surface area contributed by atoms with Crippen molar-refractivity contribution in [3.8, 4) is 5.75 Å². The van der Waals surface area contributed by atoms with Crippen LogP contribution in [0.4, 0.5) is 0 Å². The van der Waals surface area contributed by atoms with Crippen molar-refractivity contribution >= 4 is 16.9 Å². The van der Waals surface area contributed by atoms with Gasteiger partial charge in [-0.1, -0.05) is 43.7 Å². The topological polar surface area (TPSA) is 47.4 Å². The molecule has 0 spiro atoms. The molecule has 2 aromatic carbocycles. The minimum absolute atomic E-state index is 0.124. The first-order chi connectivity index (χ1) is 14.4. The summed E-state index contributed by atoms with van der Waals surface area (Å²) in [6.07, 6.45) is 1.87. The highest BCUT2D eigenvalue weighted by atomic mass is 16.5. The van der Waals surface area contributed by atoms with Crippen molar-refractivity contribution in [2.24, 2.45) is 0 Å². The first-order valence-corrected chi connectivity index (χ1v) is 10.9. The van der Waals surface area contributed by atoms with E-state index in [-0.39, 0.29) is 24.5 Å². The molecule has 0 N–H and O–H groups in total. The van der Waals surface area contributed by atoms with Gasteiger partial charge >= 0.3 is 0 Å². The second kappa shape index (κ2) is 9.79. The minimum atomic E-state index is 0.124. The SMILES string of the molecule is CCC(C)N(C(=O)Cn1c(COc2ccc(C)cc2)nc2ccccc21)C(C)CC. The molecule has 0 saturated carbocycles. The number of imidazole rings is 1. The number of fused-ring (bicyclic) bond motifs is 1. The van der Waals surface area contributed by atoms with Crippen molar-refractivity contribution in [3.63, 3.8) is 0 Å². The Balaban J connectivity index is 1.88. The fourth-order valence-electron chi connectivity index (χ4n) is 3.73. The average Bonchev–Trinajstić information content (AvgIpc) is 3.10. The van der Waals surface area contributed by atoms with Gasteiger partial charge in [-0.15, -0.1) is 0 Å². The van der Waals surface area contributed by atoms with Crippen molar-refractivity contribution in [2.45, 2.75) is 72.7 Å². The van der Waals surface area contributed by atoms with Crippen LogP contribution in [0.3, 0.4) is 0 Å². The number of hydrogen-bond donors (Lipinski definition) is 0. The van der Waals surface area contributed by atoms with Gasteiger partial charge in [0.2, 0.25) is 5.91 Å². The molecule has 2 atom stereocenters. The van der Waals surface area contributed by atoms with E-state index in [2.05, 4.69) is 34.6 Å². The summed E-state index contributed by atoms with van der Waals surface area (Å²) in [5.41, 5.74) is 3.03. The molecule has 0 fully saturated rings. The number of hydrogen-bond acceptors (Lipinski definition) is 3. The Bertz CT molecular complexity index is 968. The number of ether oxygens (including phenoxy) is 1. The van der Waals surface area contributed by atoms with Gasteiger partial charge in [0, 0.05) is 12.1 Å². The standard InChI is InChI=1S/C25H33N3O2/c1-6-19(4)28(20(5)7-2)25(29)16-27-23-11-9-8-10-22(23)26-24(27)17-30-21-14-12-18(3)13-15-21/h8-15,19-20H,6-7,16-17H2,1-5H3. The van der Waals surface area contributed by atoms with Crippen molar-refractivity contribution in [1.82, 2.24) is 14.5 Å². The molecule has 30 heavy (non-hydrogen) atoms. The van der Waals surface area contributed by atoms with Crippen LogP contribution in [0, 0.1) is 6.92 Å². The van der Waals surface area contributed by atoms with Gasteiger partial charge in [0.05, 0.1) is 11.0 Å². The summed E-state index contributed by atoms with van der Waals surface area (Å²) in [5, 5.41) is 0. The summed E-state index contributed by atoms with van der Waals surface area (Å²) in [4.78, 5) is 20.1. The van der Waals surface area contributed by atoms with E-state index in [1.165, 1.54) is 5.56 Å². The zero-order chi connectivity index (χ0) is 21.7. The Hall–Kier alpha value is -2.82. The molecule has 5 heteroatoms. The average molecular weight is 408 g/mol. The second-order valence-electron chi connectivity index (χ2n) is 8.02. The van der Waals surface area contributed by atoms with E-state index in [0.29, 0.717) is 6.61 Å². The number of benzene rings is 2. The van der Waals surface area contributed by atoms with E-state index in [1.54, 1.807) is 0 Å². The summed E-state index contributed by atoms with van der Waals surface area (Å²) >= 11 is 0. The van der Waals surface area contributed by atoms with E-state index in [4.69, 9.17) is 9.72 Å². The van der Waals surface area contributed by atoms with Crippen LogP contribution in [0.1, 0.15) is 51.9 Å². The van der Waals surface area contributed by atoms with Crippen LogP contribution in [-0.2, 0) is 17.9 Å². The molecule has 0 aliphatic carbocycles. The van der Waals surface area contributed by atoms with Crippen molar-refractivity contribution in [3.05, 3.63) is 59.9 Å². The monoisotopic (exact) mass is 407 g/mol. The Morgan fingerprint density at radius 1 is 1.03 bits per heavy atom.